The van der Waals surface area contributed by atoms with Gasteiger partial charge in [-0.25, -0.2) is 0 Å². The van der Waals surface area contributed by atoms with Gasteiger partial charge < -0.3 is 0 Å². The van der Waals surface area contributed by atoms with Crippen molar-refractivity contribution in [1.29, 1.82) is 0 Å². The molecule has 0 saturated carbocycles. The third-order valence-corrected chi connectivity index (χ3v) is 5.47. The van der Waals surface area contributed by atoms with Crippen molar-refractivity contribution in [3.8, 4) is 0 Å². The minimum Gasteiger partial charge on any atom is -0.296 e. The largest absolute Gasteiger partial charge is 0.296 e. The number of hydrogen-bond donors (Lipinski definition) is 1. The molecule has 7 nitrogen and oxygen atoms in total. The molecule has 1 N–H and O–H groups in total. The fraction of sp³-hybridized carbons (Fsp3) is 0.118. The zero-order valence-corrected chi connectivity index (χ0v) is 15.3. The van der Waals surface area contributed by atoms with Gasteiger partial charge in [-0.05, 0) is 24.6 Å². The lowest BCUT2D eigenvalue weighted by Crippen LogP contribution is -2.11. The molecule has 1 aromatic heterocycles. The molecule has 0 bridgehead atoms. The van der Waals surface area contributed by atoms with Crippen LogP contribution < -0.4 is 5.32 Å². The second kappa shape index (κ2) is 8.07. The Morgan fingerprint density at radius 3 is 2.73 bits per heavy atom. The van der Waals surface area contributed by atoms with Crippen molar-refractivity contribution < 1.29 is 9.72 Å². The molecule has 0 unspecified atom stereocenters. The van der Waals surface area contributed by atoms with Gasteiger partial charge in [-0.3, -0.25) is 20.2 Å². The number of nitrogens with one attached hydrogen (secondary N) is 1. The van der Waals surface area contributed by atoms with Crippen LogP contribution in [-0.2, 0) is 5.75 Å². The summed E-state index contributed by atoms with van der Waals surface area (Å²) in [5.41, 5.74) is 2.52. The van der Waals surface area contributed by atoms with Gasteiger partial charge in [-0.15, -0.1) is 10.2 Å². The first kappa shape index (κ1) is 18.0. The van der Waals surface area contributed by atoms with Crippen molar-refractivity contribution in [2.75, 3.05) is 5.32 Å². The first-order chi connectivity index (χ1) is 12.5. The Bertz CT molecular complexity index is 941. The Kier molecular flexibility index (Phi) is 5.59. The number of hydrogen-bond acceptors (Lipinski definition) is 7. The number of rotatable bonds is 6. The number of carbonyl (C=O) groups excluding carboxylic acids is 1. The van der Waals surface area contributed by atoms with Crippen LogP contribution in [0.2, 0.25) is 0 Å². The highest BCUT2D eigenvalue weighted by atomic mass is 32.2. The number of non-ortho nitro benzene ring substituents is 1. The van der Waals surface area contributed by atoms with Crippen LogP contribution in [0.15, 0.2) is 52.9 Å². The number of nitrogens with zero attached hydrogens (tertiary/aromatic N) is 3. The second-order valence-electron chi connectivity index (χ2n) is 5.41. The molecule has 3 aromatic rings. The molecule has 0 atom stereocenters. The van der Waals surface area contributed by atoms with Crippen LogP contribution in [0.25, 0.3) is 0 Å². The van der Waals surface area contributed by atoms with Crippen LogP contribution >= 0.6 is 23.1 Å². The predicted molar refractivity (Wildman–Crippen MR) is 102 cm³/mol. The summed E-state index contributed by atoms with van der Waals surface area (Å²) >= 11 is 2.67. The molecule has 0 fully saturated rings. The van der Waals surface area contributed by atoms with Gasteiger partial charge in [0.2, 0.25) is 5.13 Å². The number of aromatic nitrogens is 2. The van der Waals surface area contributed by atoms with E-state index in [1.54, 1.807) is 18.2 Å². The van der Waals surface area contributed by atoms with E-state index in [1.807, 2.05) is 25.1 Å². The second-order valence-corrected chi connectivity index (χ2v) is 7.61. The lowest BCUT2D eigenvalue weighted by atomic mass is 10.1. The zero-order valence-electron chi connectivity index (χ0n) is 13.7. The Balaban J connectivity index is 1.59. The molecule has 0 aliphatic heterocycles. The van der Waals surface area contributed by atoms with E-state index >= 15 is 0 Å². The Morgan fingerprint density at radius 1 is 1.23 bits per heavy atom. The highest BCUT2D eigenvalue weighted by Gasteiger charge is 2.11. The van der Waals surface area contributed by atoms with Crippen LogP contribution in [0.1, 0.15) is 21.5 Å². The van der Waals surface area contributed by atoms with Gasteiger partial charge >= 0.3 is 0 Å². The van der Waals surface area contributed by atoms with E-state index in [0.717, 1.165) is 11.1 Å². The number of nitro benzene ring substituents is 1. The van der Waals surface area contributed by atoms with Crippen molar-refractivity contribution >= 4 is 39.8 Å². The van der Waals surface area contributed by atoms with Crippen molar-refractivity contribution in [2.24, 2.45) is 0 Å². The number of aryl methyl sites for hydroxylation is 1. The summed E-state index contributed by atoms with van der Waals surface area (Å²) in [6.45, 7) is 1.96. The summed E-state index contributed by atoms with van der Waals surface area (Å²) in [6, 6.07) is 13.7. The van der Waals surface area contributed by atoms with Crippen LogP contribution in [0.4, 0.5) is 10.8 Å². The predicted octanol–water partition coefficient (Wildman–Crippen LogP) is 4.30. The topological polar surface area (TPSA) is 98.0 Å². The van der Waals surface area contributed by atoms with Crippen molar-refractivity contribution in [2.45, 2.75) is 17.0 Å². The van der Waals surface area contributed by atoms with E-state index in [4.69, 9.17) is 0 Å². The highest BCUT2D eigenvalue weighted by Crippen LogP contribution is 2.29. The van der Waals surface area contributed by atoms with Crippen LogP contribution in [0, 0.1) is 17.0 Å². The van der Waals surface area contributed by atoms with Crippen LogP contribution in [0.3, 0.4) is 0 Å². The van der Waals surface area contributed by atoms with Gasteiger partial charge in [-0.2, -0.15) is 0 Å². The maximum absolute atomic E-state index is 12.2. The minimum atomic E-state index is -0.419. The van der Waals surface area contributed by atoms with E-state index in [9.17, 15) is 14.9 Å². The van der Waals surface area contributed by atoms with Gasteiger partial charge in [0, 0.05) is 23.4 Å². The summed E-state index contributed by atoms with van der Waals surface area (Å²) in [5, 5.41) is 21.9. The van der Waals surface area contributed by atoms with Crippen LogP contribution in [-0.4, -0.2) is 21.0 Å². The summed E-state index contributed by atoms with van der Waals surface area (Å²) < 4.78 is 0.677. The average molecular weight is 386 g/mol. The lowest BCUT2D eigenvalue weighted by molar-refractivity contribution is -0.384. The van der Waals surface area contributed by atoms with Gasteiger partial charge in [0.25, 0.3) is 11.6 Å². The summed E-state index contributed by atoms with van der Waals surface area (Å²) in [4.78, 5) is 22.6. The number of thioether (sulfide) groups is 1. The maximum atomic E-state index is 12.2. The molecule has 0 saturated heterocycles. The van der Waals surface area contributed by atoms with Gasteiger partial charge in [0.15, 0.2) is 4.34 Å². The molecule has 26 heavy (non-hydrogen) atoms. The molecular formula is C17H14N4O3S2. The molecule has 3 rings (SSSR count). The first-order valence-corrected chi connectivity index (χ1v) is 9.39. The first-order valence-electron chi connectivity index (χ1n) is 7.59. The number of amides is 1. The molecule has 132 valence electrons. The average Bonchev–Trinajstić information content (AvgIpc) is 3.08. The number of benzene rings is 2. The SMILES string of the molecule is Cc1ccc(C(=O)Nc2nnc(SCc3cccc([N+](=O)[O-])c3)s2)cc1. The number of carbonyl (C=O) groups is 1. The van der Waals surface area contributed by atoms with E-state index in [2.05, 4.69) is 15.5 Å². The van der Waals surface area contributed by atoms with Gasteiger partial charge in [0.05, 0.1) is 4.92 Å². The van der Waals surface area contributed by atoms with Crippen LogP contribution in [0.5, 0.6) is 0 Å². The smallest absolute Gasteiger partial charge is 0.269 e. The number of anilines is 1. The summed E-state index contributed by atoms with van der Waals surface area (Å²) in [5.74, 6) is 0.291. The zero-order chi connectivity index (χ0) is 18.5. The lowest BCUT2D eigenvalue weighted by Gasteiger charge is -2.01. The fourth-order valence-electron chi connectivity index (χ4n) is 2.10. The van der Waals surface area contributed by atoms with E-state index in [0.29, 0.717) is 20.8 Å². The summed E-state index contributed by atoms with van der Waals surface area (Å²) in [6.07, 6.45) is 0. The molecule has 1 amide bonds. The fourth-order valence-corrected chi connectivity index (χ4v) is 3.79. The standard InChI is InChI=1S/C17H14N4O3S2/c1-11-5-7-13(8-6-11)15(22)18-16-19-20-17(26-16)25-10-12-3-2-4-14(9-12)21(23)24/h2-9H,10H2,1H3,(H,18,19,22). The van der Waals surface area contributed by atoms with E-state index in [-0.39, 0.29) is 11.6 Å². The van der Waals surface area contributed by atoms with E-state index < -0.39 is 4.92 Å². The Labute approximate surface area is 157 Å². The van der Waals surface area contributed by atoms with Gasteiger partial charge in [0.1, 0.15) is 0 Å². The molecule has 0 spiro atoms. The monoisotopic (exact) mass is 386 g/mol. The molecule has 2 aromatic carbocycles. The van der Waals surface area contributed by atoms with Crippen molar-refractivity contribution in [3.05, 3.63) is 75.3 Å². The number of nitro groups is 1. The molecule has 0 aliphatic carbocycles. The maximum Gasteiger partial charge on any atom is 0.269 e. The van der Waals surface area contributed by atoms with Crippen molar-refractivity contribution in [1.82, 2.24) is 10.2 Å². The molecule has 9 heteroatoms. The van der Waals surface area contributed by atoms with Gasteiger partial charge in [-0.1, -0.05) is 52.9 Å². The Hall–Kier alpha value is -2.78. The molecule has 0 radical (unpaired) electrons. The van der Waals surface area contributed by atoms with Crippen molar-refractivity contribution in [3.63, 3.8) is 0 Å². The highest BCUT2D eigenvalue weighted by molar-refractivity contribution is 8.00. The quantitative estimate of drug-likeness (QED) is 0.293. The third-order valence-electron chi connectivity index (χ3n) is 3.42. The molecular weight excluding hydrogens is 372 g/mol. The third kappa shape index (κ3) is 4.64. The van der Waals surface area contributed by atoms with E-state index in [1.165, 1.54) is 35.2 Å². The normalized spacial score (nSPS) is 10.5. The molecule has 1 heterocycles. The molecule has 0 aliphatic rings. The summed E-state index contributed by atoms with van der Waals surface area (Å²) in [7, 11) is 0. The minimum absolute atomic E-state index is 0.0615. The Morgan fingerprint density at radius 2 is 2.00 bits per heavy atom.